The summed E-state index contributed by atoms with van der Waals surface area (Å²) in [6, 6.07) is 9.51. The van der Waals surface area contributed by atoms with Crippen LogP contribution in [0.2, 0.25) is 0 Å². The van der Waals surface area contributed by atoms with Crippen LogP contribution in [0, 0.1) is 5.92 Å². The third kappa shape index (κ3) is 4.81. The number of thiazole rings is 1. The Labute approximate surface area is 191 Å². The van der Waals surface area contributed by atoms with Crippen molar-refractivity contribution in [3.8, 4) is 11.5 Å². The minimum Gasteiger partial charge on any atom is -0.493 e. The van der Waals surface area contributed by atoms with Crippen molar-refractivity contribution >= 4 is 48.3 Å². The van der Waals surface area contributed by atoms with E-state index >= 15 is 0 Å². The number of carbonyl (C=O) groups excluding carboxylic acids is 1. The van der Waals surface area contributed by atoms with Gasteiger partial charge >= 0.3 is 0 Å². The Morgan fingerprint density at radius 1 is 1.03 bits per heavy atom. The van der Waals surface area contributed by atoms with Crippen LogP contribution in [0.4, 0.5) is 10.8 Å². The SMILES string of the molecule is COc1ccc(S(=O)(=O)Nc2ccc3sc(NC(=O)C4CCCCC4)nc3c2)cc1OC. The first-order valence-electron chi connectivity index (χ1n) is 10.4. The van der Waals surface area contributed by atoms with Gasteiger partial charge in [-0.3, -0.25) is 9.52 Å². The summed E-state index contributed by atoms with van der Waals surface area (Å²) < 4.78 is 39.5. The lowest BCUT2D eigenvalue weighted by Crippen LogP contribution is -2.24. The number of hydrogen-bond acceptors (Lipinski definition) is 7. The molecule has 1 fully saturated rings. The smallest absolute Gasteiger partial charge is 0.262 e. The van der Waals surface area contributed by atoms with Crippen LogP contribution < -0.4 is 19.5 Å². The molecule has 8 nitrogen and oxygen atoms in total. The monoisotopic (exact) mass is 475 g/mol. The Morgan fingerprint density at radius 3 is 2.50 bits per heavy atom. The number of ether oxygens (including phenoxy) is 2. The Hall–Kier alpha value is -2.85. The highest BCUT2D eigenvalue weighted by atomic mass is 32.2. The first-order valence-corrected chi connectivity index (χ1v) is 12.7. The molecule has 1 aliphatic carbocycles. The van der Waals surface area contributed by atoms with Crippen LogP contribution in [0.1, 0.15) is 32.1 Å². The standard InChI is InChI=1S/C22H25N3O5S2/c1-29-18-10-9-16(13-19(18)30-2)32(27,28)25-15-8-11-20-17(12-15)23-22(31-20)24-21(26)14-6-4-3-5-7-14/h8-14,25H,3-7H2,1-2H3,(H,23,24,26). The summed E-state index contributed by atoms with van der Waals surface area (Å²) in [7, 11) is -0.914. The molecule has 0 bridgehead atoms. The van der Waals surface area contributed by atoms with E-state index in [2.05, 4.69) is 15.0 Å². The zero-order valence-electron chi connectivity index (χ0n) is 17.9. The summed E-state index contributed by atoms with van der Waals surface area (Å²) in [6.45, 7) is 0. The number of fused-ring (bicyclic) bond motifs is 1. The van der Waals surface area contributed by atoms with Gasteiger partial charge in [-0.15, -0.1) is 0 Å². The van der Waals surface area contributed by atoms with Gasteiger partial charge in [0.15, 0.2) is 16.6 Å². The first-order chi connectivity index (χ1) is 15.4. The molecule has 1 amide bonds. The van der Waals surface area contributed by atoms with Gasteiger partial charge in [0.2, 0.25) is 5.91 Å². The van der Waals surface area contributed by atoms with Gasteiger partial charge in [-0.2, -0.15) is 0 Å². The van der Waals surface area contributed by atoms with Crippen LogP contribution >= 0.6 is 11.3 Å². The van der Waals surface area contributed by atoms with Crippen LogP contribution in [0.5, 0.6) is 11.5 Å². The van der Waals surface area contributed by atoms with E-state index in [0.29, 0.717) is 27.8 Å². The maximum atomic E-state index is 12.8. The molecule has 2 N–H and O–H groups in total. The zero-order valence-corrected chi connectivity index (χ0v) is 19.5. The molecular weight excluding hydrogens is 450 g/mol. The fourth-order valence-corrected chi connectivity index (χ4v) is 5.73. The van der Waals surface area contributed by atoms with Crippen LogP contribution in [-0.2, 0) is 14.8 Å². The van der Waals surface area contributed by atoms with Gasteiger partial charge in [-0.05, 0) is 43.2 Å². The summed E-state index contributed by atoms with van der Waals surface area (Å²) in [5, 5.41) is 3.45. The minimum atomic E-state index is -3.85. The normalized spacial score (nSPS) is 14.8. The van der Waals surface area contributed by atoms with Crippen LogP contribution in [0.3, 0.4) is 0 Å². The van der Waals surface area contributed by atoms with Crippen molar-refractivity contribution in [3.05, 3.63) is 36.4 Å². The van der Waals surface area contributed by atoms with Crippen LogP contribution in [0.25, 0.3) is 10.2 Å². The van der Waals surface area contributed by atoms with Crippen molar-refractivity contribution < 1.29 is 22.7 Å². The van der Waals surface area contributed by atoms with E-state index in [9.17, 15) is 13.2 Å². The van der Waals surface area contributed by atoms with Crippen molar-refractivity contribution in [2.75, 3.05) is 24.3 Å². The van der Waals surface area contributed by atoms with Crippen molar-refractivity contribution in [2.24, 2.45) is 5.92 Å². The zero-order chi connectivity index (χ0) is 22.7. The lowest BCUT2D eigenvalue weighted by atomic mass is 9.89. The minimum absolute atomic E-state index is 0.0122. The molecular formula is C22H25N3O5S2. The van der Waals surface area contributed by atoms with Crippen LogP contribution in [-0.4, -0.2) is 33.5 Å². The second-order valence-electron chi connectivity index (χ2n) is 7.65. The van der Waals surface area contributed by atoms with E-state index in [1.54, 1.807) is 18.2 Å². The van der Waals surface area contributed by atoms with Gasteiger partial charge in [0, 0.05) is 12.0 Å². The summed E-state index contributed by atoms with van der Waals surface area (Å²) in [5.41, 5.74) is 0.990. The van der Waals surface area contributed by atoms with Gasteiger partial charge in [-0.1, -0.05) is 30.6 Å². The topological polar surface area (TPSA) is 107 Å². The van der Waals surface area contributed by atoms with E-state index in [1.165, 1.54) is 50.2 Å². The molecule has 1 aliphatic rings. The van der Waals surface area contributed by atoms with E-state index in [-0.39, 0.29) is 16.7 Å². The van der Waals surface area contributed by atoms with E-state index in [0.717, 1.165) is 30.4 Å². The third-order valence-corrected chi connectivity index (χ3v) is 7.84. The molecule has 1 heterocycles. The molecule has 0 radical (unpaired) electrons. The fraction of sp³-hybridized carbons (Fsp3) is 0.364. The number of nitrogens with one attached hydrogen (secondary N) is 2. The molecule has 3 aromatic rings. The quantitative estimate of drug-likeness (QED) is 0.516. The lowest BCUT2D eigenvalue weighted by molar-refractivity contribution is -0.120. The Morgan fingerprint density at radius 2 is 1.78 bits per heavy atom. The number of aromatic nitrogens is 1. The molecule has 0 unspecified atom stereocenters. The van der Waals surface area contributed by atoms with Crippen molar-refractivity contribution in [2.45, 2.75) is 37.0 Å². The molecule has 0 spiro atoms. The van der Waals surface area contributed by atoms with Crippen molar-refractivity contribution in [3.63, 3.8) is 0 Å². The maximum Gasteiger partial charge on any atom is 0.262 e. The molecule has 170 valence electrons. The molecule has 4 rings (SSSR count). The molecule has 0 atom stereocenters. The van der Waals surface area contributed by atoms with Gasteiger partial charge in [0.25, 0.3) is 10.0 Å². The molecule has 1 aromatic heterocycles. The predicted octanol–water partition coefficient (Wildman–Crippen LogP) is 4.63. The van der Waals surface area contributed by atoms with E-state index in [1.807, 2.05) is 0 Å². The summed E-state index contributed by atoms with van der Waals surface area (Å²) in [4.78, 5) is 17.0. The Balaban J connectivity index is 1.52. The van der Waals surface area contributed by atoms with Crippen LogP contribution in [0.15, 0.2) is 41.3 Å². The number of carbonyl (C=O) groups is 1. The number of hydrogen-bond donors (Lipinski definition) is 2. The Kier molecular flexibility index (Phi) is 6.52. The van der Waals surface area contributed by atoms with Crippen molar-refractivity contribution in [1.82, 2.24) is 4.98 Å². The van der Waals surface area contributed by atoms with E-state index < -0.39 is 10.0 Å². The average molecular weight is 476 g/mol. The first kappa shape index (κ1) is 22.3. The van der Waals surface area contributed by atoms with Crippen molar-refractivity contribution in [1.29, 1.82) is 0 Å². The summed E-state index contributed by atoms with van der Waals surface area (Å²) in [6.07, 6.45) is 5.19. The summed E-state index contributed by atoms with van der Waals surface area (Å²) >= 11 is 1.37. The third-order valence-electron chi connectivity index (χ3n) is 5.51. The number of rotatable bonds is 7. The number of methoxy groups -OCH3 is 2. The average Bonchev–Trinajstić information content (AvgIpc) is 3.20. The molecule has 10 heteroatoms. The fourth-order valence-electron chi connectivity index (χ4n) is 3.81. The number of sulfonamides is 1. The van der Waals surface area contributed by atoms with E-state index in [4.69, 9.17) is 9.47 Å². The molecule has 0 saturated heterocycles. The Bertz CT molecular complexity index is 1230. The second-order valence-corrected chi connectivity index (χ2v) is 10.4. The lowest BCUT2D eigenvalue weighted by Gasteiger charge is -2.19. The molecule has 32 heavy (non-hydrogen) atoms. The molecule has 0 aliphatic heterocycles. The maximum absolute atomic E-state index is 12.8. The number of nitrogens with zero attached hydrogens (tertiary/aromatic N) is 1. The number of benzene rings is 2. The molecule has 2 aromatic carbocycles. The predicted molar refractivity (Wildman–Crippen MR) is 125 cm³/mol. The van der Waals surface area contributed by atoms with Gasteiger partial charge < -0.3 is 14.8 Å². The van der Waals surface area contributed by atoms with Gasteiger partial charge in [0.05, 0.1) is 35.0 Å². The number of anilines is 2. The van der Waals surface area contributed by atoms with Gasteiger partial charge in [0.1, 0.15) is 0 Å². The molecule has 1 saturated carbocycles. The largest absolute Gasteiger partial charge is 0.493 e. The highest BCUT2D eigenvalue weighted by molar-refractivity contribution is 7.92. The number of amides is 1. The second kappa shape index (κ2) is 9.33. The highest BCUT2D eigenvalue weighted by Gasteiger charge is 2.22. The highest BCUT2D eigenvalue weighted by Crippen LogP contribution is 2.32. The van der Waals surface area contributed by atoms with Gasteiger partial charge in [-0.25, -0.2) is 13.4 Å². The summed E-state index contributed by atoms with van der Waals surface area (Å²) in [5.74, 6) is 0.819.